The molecule has 1 atom stereocenters. The van der Waals surface area contributed by atoms with Crippen molar-refractivity contribution in [1.29, 1.82) is 0 Å². The molecule has 5 heteroatoms. The third-order valence-corrected chi connectivity index (χ3v) is 4.20. The molecule has 2 heterocycles. The molecule has 0 aliphatic carbocycles. The fourth-order valence-electron chi connectivity index (χ4n) is 3.01. The normalized spacial score (nSPS) is 18.5. The molecule has 3 rings (SSSR count). The fourth-order valence-corrected chi connectivity index (χ4v) is 3.01. The van der Waals surface area contributed by atoms with Crippen LogP contribution in [0.15, 0.2) is 24.3 Å². The molecular weight excluding hydrogens is 281 g/mol. The van der Waals surface area contributed by atoms with Crippen LogP contribution in [0.1, 0.15) is 37.7 Å². The number of benzene rings is 1. The number of nitrogens with one attached hydrogen (secondary N) is 1. The molecule has 0 radical (unpaired) electrons. The van der Waals surface area contributed by atoms with E-state index in [0.717, 1.165) is 11.5 Å². The first-order valence-corrected chi connectivity index (χ1v) is 7.58. The number of hydrogen-bond acceptors (Lipinski definition) is 2. The number of nitrogens with zero attached hydrogens (tertiary/aromatic N) is 2. The highest BCUT2D eigenvalue weighted by Gasteiger charge is 2.34. The van der Waals surface area contributed by atoms with Crippen molar-refractivity contribution < 1.29 is 9.18 Å². The van der Waals surface area contributed by atoms with Crippen LogP contribution in [0.3, 0.4) is 0 Å². The van der Waals surface area contributed by atoms with Crippen molar-refractivity contribution in [2.24, 2.45) is 0 Å². The largest absolute Gasteiger partial charge is 0.345 e. The molecule has 1 N–H and O–H groups in total. The minimum absolute atomic E-state index is 0.0501. The highest BCUT2D eigenvalue weighted by atomic mass is 19.1. The van der Waals surface area contributed by atoms with Crippen LogP contribution in [0, 0.1) is 12.7 Å². The first-order valence-electron chi connectivity index (χ1n) is 7.58. The van der Waals surface area contributed by atoms with Gasteiger partial charge in [0.2, 0.25) is 5.91 Å². The Morgan fingerprint density at radius 2 is 2.09 bits per heavy atom. The van der Waals surface area contributed by atoms with Gasteiger partial charge in [0.15, 0.2) is 0 Å². The van der Waals surface area contributed by atoms with Crippen LogP contribution in [0.2, 0.25) is 0 Å². The van der Waals surface area contributed by atoms with Crippen LogP contribution in [-0.2, 0) is 4.79 Å². The zero-order chi connectivity index (χ0) is 15.9. The number of likely N-dealkylation sites (tertiary alicyclic amines) is 1. The van der Waals surface area contributed by atoms with Crippen molar-refractivity contribution in [1.82, 2.24) is 14.9 Å². The summed E-state index contributed by atoms with van der Waals surface area (Å²) in [5, 5.41) is 0. The van der Waals surface area contributed by atoms with Gasteiger partial charge in [-0.2, -0.15) is 0 Å². The number of carbonyl (C=O) groups is 1. The average molecular weight is 301 g/mol. The Hall–Kier alpha value is -2.17. The zero-order valence-electron chi connectivity index (χ0n) is 13.1. The first-order chi connectivity index (χ1) is 10.5. The van der Waals surface area contributed by atoms with Crippen molar-refractivity contribution >= 4 is 5.91 Å². The van der Waals surface area contributed by atoms with E-state index in [4.69, 9.17) is 0 Å². The van der Waals surface area contributed by atoms with Crippen LogP contribution in [0.25, 0.3) is 11.3 Å². The quantitative estimate of drug-likeness (QED) is 0.946. The van der Waals surface area contributed by atoms with Crippen molar-refractivity contribution in [2.75, 3.05) is 6.54 Å². The Balaban J connectivity index is 1.91. The lowest BCUT2D eigenvalue weighted by molar-refractivity contribution is -0.129. The van der Waals surface area contributed by atoms with Gasteiger partial charge in [-0.15, -0.1) is 0 Å². The SMILES string of the molecule is Cc1[nH]c(C2CC(=O)N(C(C)C)C2)nc1-c1ccccc1F. The van der Waals surface area contributed by atoms with Crippen LogP contribution in [0.4, 0.5) is 4.39 Å². The summed E-state index contributed by atoms with van der Waals surface area (Å²) < 4.78 is 14.0. The lowest BCUT2D eigenvalue weighted by Crippen LogP contribution is -2.31. The second-order valence-electron chi connectivity index (χ2n) is 6.12. The van der Waals surface area contributed by atoms with Crippen molar-refractivity contribution in [3.8, 4) is 11.3 Å². The number of aryl methyl sites for hydroxylation is 1. The van der Waals surface area contributed by atoms with Crippen LogP contribution < -0.4 is 0 Å². The predicted octanol–water partition coefficient (Wildman–Crippen LogP) is 3.25. The summed E-state index contributed by atoms with van der Waals surface area (Å²) in [5.41, 5.74) is 1.95. The predicted molar refractivity (Wildman–Crippen MR) is 82.9 cm³/mol. The first kappa shape index (κ1) is 14.8. The second-order valence-corrected chi connectivity index (χ2v) is 6.12. The smallest absolute Gasteiger partial charge is 0.223 e. The molecular formula is C17H20FN3O. The van der Waals surface area contributed by atoms with Gasteiger partial charge >= 0.3 is 0 Å². The molecule has 2 aromatic rings. The maximum absolute atomic E-state index is 14.0. The minimum atomic E-state index is -0.282. The minimum Gasteiger partial charge on any atom is -0.345 e. The average Bonchev–Trinajstić information content (AvgIpc) is 3.03. The van der Waals surface area contributed by atoms with Crippen LogP contribution in [-0.4, -0.2) is 33.4 Å². The number of aromatic amines is 1. The maximum Gasteiger partial charge on any atom is 0.223 e. The van der Waals surface area contributed by atoms with E-state index < -0.39 is 0 Å². The van der Waals surface area contributed by atoms with Gasteiger partial charge in [-0.05, 0) is 32.9 Å². The van der Waals surface area contributed by atoms with E-state index in [1.54, 1.807) is 18.2 Å². The van der Waals surface area contributed by atoms with Gasteiger partial charge in [-0.1, -0.05) is 12.1 Å². The van der Waals surface area contributed by atoms with Gasteiger partial charge in [0, 0.05) is 36.2 Å². The standard InChI is InChI=1S/C17H20FN3O/c1-10(2)21-9-12(8-15(21)22)17-19-11(3)16(20-17)13-6-4-5-7-14(13)18/h4-7,10,12H,8-9H2,1-3H3,(H,19,20). The highest BCUT2D eigenvalue weighted by Crippen LogP contribution is 2.31. The third-order valence-electron chi connectivity index (χ3n) is 4.20. The van der Waals surface area contributed by atoms with E-state index >= 15 is 0 Å². The summed E-state index contributed by atoms with van der Waals surface area (Å²) in [7, 11) is 0. The number of rotatable bonds is 3. The molecule has 0 spiro atoms. The summed E-state index contributed by atoms with van der Waals surface area (Å²) in [6.45, 7) is 6.58. The Morgan fingerprint density at radius 1 is 1.36 bits per heavy atom. The van der Waals surface area contributed by atoms with Gasteiger partial charge in [-0.3, -0.25) is 4.79 Å². The van der Waals surface area contributed by atoms with Gasteiger partial charge < -0.3 is 9.88 Å². The molecule has 1 fully saturated rings. The summed E-state index contributed by atoms with van der Waals surface area (Å²) in [5.74, 6) is 0.692. The van der Waals surface area contributed by atoms with Gasteiger partial charge in [-0.25, -0.2) is 9.37 Å². The fraction of sp³-hybridized carbons (Fsp3) is 0.412. The lowest BCUT2D eigenvalue weighted by Gasteiger charge is -2.20. The summed E-state index contributed by atoms with van der Waals surface area (Å²) in [6, 6.07) is 6.81. The van der Waals surface area contributed by atoms with Gasteiger partial charge in [0.05, 0.1) is 5.69 Å². The molecule has 0 bridgehead atoms. The number of H-pyrrole nitrogens is 1. The Labute approximate surface area is 129 Å². The third kappa shape index (κ3) is 2.51. The molecule has 1 aliphatic rings. The monoisotopic (exact) mass is 301 g/mol. The molecule has 4 nitrogen and oxygen atoms in total. The Kier molecular flexibility index (Phi) is 3.72. The molecule has 1 aliphatic heterocycles. The number of imidazole rings is 1. The Morgan fingerprint density at radius 3 is 2.73 bits per heavy atom. The molecule has 0 saturated carbocycles. The van der Waals surface area contributed by atoms with E-state index in [9.17, 15) is 9.18 Å². The topological polar surface area (TPSA) is 49.0 Å². The van der Waals surface area contributed by atoms with Crippen LogP contribution >= 0.6 is 0 Å². The lowest BCUT2D eigenvalue weighted by atomic mass is 10.1. The molecule has 1 aromatic carbocycles. The number of aromatic nitrogens is 2. The zero-order valence-corrected chi connectivity index (χ0v) is 13.1. The molecule has 116 valence electrons. The molecule has 1 amide bonds. The molecule has 1 aromatic heterocycles. The highest BCUT2D eigenvalue weighted by molar-refractivity contribution is 5.80. The van der Waals surface area contributed by atoms with Crippen molar-refractivity contribution in [2.45, 2.75) is 39.2 Å². The maximum atomic E-state index is 14.0. The number of hydrogen-bond donors (Lipinski definition) is 1. The van der Waals surface area contributed by atoms with E-state index in [1.165, 1.54) is 6.07 Å². The number of amides is 1. The Bertz CT molecular complexity index is 708. The molecule has 1 unspecified atom stereocenters. The molecule has 22 heavy (non-hydrogen) atoms. The molecule has 1 saturated heterocycles. The summed E-state index contributed by atoms with van der Waals surface area (Å²) in [4.78, 5) is 21.7. The van der Waals surface area contributed by atoms with E-state index in [0.29, 0.717) is 24.2 Å². The summed E-state index contributed by atoms with van der Waals surface area (Å²) >= 11 is 0. The van der Waals surface area contributed by atoms with E-state index in [2.05, 4.69) is 9.97 Å². The van der Waals surface area contributed by atoms with Gasteiger partial charge in [0.25, 0.3) is 0 Å². The van der Waals surface area contributed by atoms with E-state index in [-0.39, 0.29) is 23.7 Å². The van der Waals surface area contributed by atoms with Crippen LogP contribution in [0.5, 0.6) is 0 Å². The number of carbonyl (C=O) groups excluding carboxylic acids is 1. The summed E-state index contributed by atoms with van der Waals surface area (Å²) in [6.07, 6.45) is 0.460. The van der Waals surface area contributed by atoms with Crippen molar-refractivity contribution in [3.63, 3.8) is 0 Å². The van der Waals surface area contributed by atoms with Crippen molar-refractivity contribution in [3.05, 3.63) is 41.6 Å². The van der Waals surface area contributed by atoms with Gasteiger partial charge in [0.1, 0.15) is 11.6 Å². The second kappa shape index (κ2) is 5.55. The number of halogens is 1. The van der Waals surface area contributed by atoms with E-state index in [1.807, 2.05) is 25.7 Å².